The third-order valence-electron chi connectivity index (χ3n) is 12.7. The number of para-hydroxylation sites is 1. The first-order valence-electron chi connectivity index (χ1n) is 19.7. The van der Waals surface area contributed by atoms with Crippen LogP contribution in [0.15, 0.2) is 180 Å². The van der Waals surface area contributed by atoms with Crippen molar-refractivity contribution < 1.29 is 4.42 Å². The lowest BCUT2D eigenvalue weighted by molar-refractivity contribution is 0.660. The summed E-state index contributed by atoms with van der Waals surface area (Å²) in [4.78, 5) is 2.42. The Kier molecular flexibility index (Phi) is 6.98. The highest BCUT2D eigenvalue weighted by molar-refractivity contribution is 6.13. The molecule has 0 unspecified atom stereocenters. The zero-order chi connectivity index (χ0) is 37.8. The van der Waals surface area contributed by atoms with Crippen molar-refractivity contribution in [3.63, 3.8) is 0 Å². The van der Waals surface area contributed by atoms with Gasteiger partial charge in [0.25, 0.3) is 0 Å². The highest BCUT2D eigenvalue weighted by atomic mass is 16.3. The van der Waals surface area contributed by atoms with Crippen molar-refractivity contribution in [3.05, 3.63) is 198 Å². The summed E-state index contributed by atoms with van der Waals surface area (Å²) >= 11 is 0. The van der Waals surface area contributed by atoms with E-state index in [2.05, 4.69) is 202 Å². The van der Waals surface area contributed by atoms with E-state index in [0.29, 0.717) is 0 Å². The summed E-state index contributed by atoms with van der Waals surface area (Å²) in [5.41, 5.74) is 20.6. The number of hydrogen-bond acceptors (Lipinski definition) is 2. The van der Waals surface area contributed by atoms with Crippen LogP contribution in [0.4, 0.5) is 17.1 Å². The summed E-state index contributed by atoms with van der Waals surface area (Å²) in [6, 6.07) is 64.5. The molecule has 0 radical (unpaired) electrons. The topological polar surface area (TPSA) is 16.4 Å². The Bertz CT molecular complexity index is 3020. The van der Waals surface area contributed by atoms with E-state index in [4.69, 9.17) is 4.42 Å². The van der Waals surface area contributed by atoms with Gasteiger partial charge >= 0.3 is 0 Å². The lowest BCUT2D eigenvalue weighted by Crippen LogP contribution is -2.15. The third kappa shape index (κ3) is 4.69. The van der Waals surface area contributed by atoms with E-state index in [1.165, 1.54) is 66.8 Å². The van der Waals surface area contributed by atoms with Gasteiger partial charge in [0.15, 0.2) is 0 Å². The number of furan rings is 1. The first kappa shape index (κ1) is 32.8. The fourth-order valence-electron chi connectivity index (χ4n) is 9.85. The summed E-state index contributed by atoms with van der Waals surface area (Å²) in [7, 11) is 0. The van der Waals surface area contributed by atoms with E-state index in [-0.39, 0.29) is 10.8 Å². The largest absolute Gasteiger partial charge is 0.456 e. The predicted octanol–water partition coefficient (Wildman–Crippen LogP) is 15.0. The van der Waals surface area contributed by atoms with Gasteiger partial charge < -0.3 is 9.32 Å². The van der Waals surface area contributed by atoms with E-state index in [9.17, 15) is 0 Å². The molecular weight excluding hydrogens is 679 g/mol. The van der Waals surface area contributed by atoms with E-state index < -0.39 is 0 Å². The molecule has 2 heteroatoms. The molecule has 0 bridgehead atoms. The summed E-state index contributed by atoms with van der Waals surface area (Å²) in [6.07, 6.45) is 0. The zero-order valence-corrected chi connectivity index (χ0v) is 32.1. The molecule has 56 heavy (non-hydrogen) atoms. The standard InChI is InChI=1S/C54H41NO/c1-53(2)45-31-29-38(33-43(45)51-39(18-12-20-46(51)53)35-14-6-5-7-15-35)55(48-21-13-23-50-52(48)42-17-9-11-22-49(42)56-50)37-27-24-34(25-28-37)36-26-30-41-40-16-8-10-19-44(40)54(3,4)47(41)32-36/h5-33H,1-4H3. The molecule has 0 saturated carbocycles. The van der Waals surface area contributed by atoms with Crippen LogP contribution in [-0.2, 0) is 10.8 Å². The summed E-state index contributed by atoms with van der Waals surface area (Å²) < 4.78 is 6.45. The fourth-order valence-corrected chi connectivity index (χ4v) is 9.85. The SMILES string of the molecule is CC1(C)c2ccccc2-c2ccc(-c3ccc(N(c4ccc5c(c4)-c4c(-c6ccccc6)cccc4C5(C)C)c4cccc5oc6ccccc6c45)cc3)cc21. The minimum absolute atomic E-state index is 0.0497. The van der Waals surface area contributed by atoms with E-state index in [1.54, 1.807) is 0 Å². The number of nitrogens with zero attached hydrogens (tertiary/aromatic N) is 1. The molecule has 0 amide bonds. The molecule has 8 aromatic carbocycles. The highest BCUT2D eigenvalue weighted by Gasteiger charge is 2.38. The fraction of sp³-hybridized carbons (Fsp3) is 0.111. The average Bonchev–Trinajstić information content (AvgIpc) is 3.81. The second kappa shape index (κ2) is 11.9. The van der Waals surface area contributed by atoms with Gasteiger partial charge in [-0.2, -0.15) is 0 Å². The lowest BCUT2D eigenvalue weighted by atomic mass is 9.81. The predicted molar refractivity (Wildman–Crippen MR) is 234 cm³/mol. The Morgan fingerprint density at radius 2 is 1.02 bits per heavy atom. The molecule has 268 valence electrons. The molecule has 2 aliphatic rings. The zero-order valence-electron chi connectivity index (χ0n) is 32.1. The lowest BCUT2D eigenvalue weighted by Gasteiger charge is -2.28. The van der Waals surface area contributed by atoms with Crippen molar-refractivity contribution in [2.75, 3.05) is 4.90 Å². The molecule has 0 spiro atoms. The van der Waals surface area contributed by atoms with Gasteiger partial charge in [-0.1, -0.05) is 155 Å². The number of rotatable bonds is 5. The monoisotopic (exact) mass is 719 g/mol. The molecular formula is C54H41NO. The van der Waals surface area contributed by atoms with Crippen LogP contribution < -0.4 is 4.90 Å². The maximum absolute atomic E-state index is 6.45. The third-order valence-corrected chi connectivity index (χ3v) is 12.7. The number of fused-ring (bicyclic) bond motifs is 9. The van der Waals surface area contributed by atoms with Crippen LogP contribution in [0.5, 0.6) is 0 Å². The highest BCUT2D eigenvalue weighted by Crippen LogP contribution is 2.55. The second-order valence-electron chi connectivity index (χ2n) is 16.5. The second-order valence-corrected chi connectivity index (χ2v) is 16.5. The molecule has 0 fully saturated rings. The van der Waals surface area contributed by atoms with Gasteiger partial charge in [0.2, 0.25) is 0 Å². The number of hydrogen-bond donors (Lipinski definition) is 0. The van der Waals surface area contributed by atoms with E-state index in [0.717, 1.165) is 39.0 Å². The molecule has 1 heterocycles. The molecule has 0 aliphatic heterocycles. The normalized spacial score (nSPS) is 14.4. The van der Waals surface area contributed by atoms with Crippen LogP contribution in [0.25, 0.3) is 66.4 Å². The minimum Gasteiger partial charge on any atom is -0.456 e. The minimum atomic E-state index is -0.132. The smallest absolute Gasteiger partial charge is 0.137 e. The molecule has 2 aliphatic carbocycles. The van der Waals surface area contributed by atoms with Gasteiger partial charge in [-0.15, -0.1) is 0 Å². The molecule has 9 aromatic rings. The van der Waals surface area contributed by atoms with Crippen LogP contribution in [0, 0.1) is 0 Å². The van der Waals surface area contributed by atoms with Crippen molar-refractivity contribution >= 4 is 39.0 Å². The summed E-state index contributed by atoms with van der Waals surface area (Å²) in [6.45, 7) is 9.42. The molecule has 0 saturated heterocycles. The van der Waals surface area contributed by atoms with Crippen molar-refractivity contribution in [3.8, 4) is 44.5 Å². The molecule has 1 aromatic heterocycles. The Morgan fingerprint density at radius 1 is 0.393 bits per heavy atom. The van der Waals surface area contributed by atoms with Crippen LogP contribution >= 0.6 is 0 Å². The molecule has 0 atom stereocenters. The van der Waals surface area contributed by atoms with Crippen molar-refractivity contribution in [1.82, 2.24) is 0 Å². The van der Waals surface area contributed by atoms with Crippen molar-refractivity contribution in [2.45, 2.75) is 38.5 Å². The maximum Gasteiger partial charge on any atom is 0.137 e. The van der Waals surface area contributed by atoms with Gasteiger partial charge in [-0.3, -0.25) is 0 Å². The van der Waals surface area contributed by atoms with Gasteiger partial charge in [-0.25, -0.2) is 0 Å². The maximum atomic E-state index is 6.45. The Labute approximate surface area is 328 Å². The van der Waals surface area contributed by atoms with Crippen LogP contribution in [0.2, 0.25) is 0 Å². The Morgan fingerprint density at radius 3 is 1.88 bits per heavy atom. The van der Waals surface area contributed by atoms with Gasteiger partial charge in [0, 0.05) is 27.6 Å². The van der Waals surface area contributed by atoms with Crippen LogP contribution in [-0.4, -0.2) is 0 Å². The van der Waals surface area contributed by atoms with Crippen LogP contribution in [0.1, 0.15) is 49.9 Å². The summed E-state index contributed by atoms with van der Waals surface area (Å²) in [5, 5.41) is 2.22. The Hall–Kier alpha value is -6.64. The Balaban J connectivity index is 1.09. The van der Waals surface area contributed by atoms with Crippen LogP contribution in [0.3, 0.4) is 0 Å². The first-order valence-corrected chi connectivity index (χ1v) is 19.7. The number of benzene rings is 8. The average molecular weight is 720 g/mol. The van der Waals surface area contributed by atoms with Gasteiger partial charge in [-0.05, 0) is 115 Å². The van der Waals surface area contributed by atoms with Gasteiger partial charge in [0.1, 0.15) is 11.2 Å². The quantitative estimate of drug-likeness (QED) is 0.176. The first-order chi connectivity index (χ1) is 27.3. The van der Waals surface area contributed by atoms with E-state index >= 15 is 0 Å². The van der Waals surface area contributed by atoms with E-state index in [1.807, 2.05) is 6.07 Å². The molecule has 11 rings (SSSR count). The van der Waals surface area contributed by atoms with Gasteiger partial charge in [0.05, 0.1) is 11.1 Å². The summed E-state index contributed by atoms with van der Waals surface area (Å²) in [5.74, 6) is 0. The van der Waals surface area contributed by atoms with Crippen molar-refractivity contribution in [1.29, 1.82) is 0 Å². The van der Waals surface area contributed by atoms with Crippen molar-refractivity contribution in [2.24, 2.45) is 0 Å². The molecule has 2 nitrogen and oxygen atoms in total. The number of anilines is 3. The molecule has 0 N–H and O–H groups in total.